The van der Waals surface area contributed by atoms with E-state index >= 15 is 0 Å². The lowest BCUT2D eigenvalue weighted by Gasteiger charge is -2.16. The van der Waals surface area contributed by atoms with Gasteiger partial charge in [-0.2, -0.15) is 0 Å². The minimum atomic E-state index is -0.874. The van der Waals surface area contributed by atoms with E-state index in [0.29, 0.717) is 11.2 Å². The molecule has 0 radical (unpaired) electrons. The molecule has 0 heterocycles. The molecule has 2 amide bonds. The molecule has 2 N–H and O–H groups in total. The van der Waals surface area contributed by atoms with Crippen molar-refractivity contribution in [3.63, 3.8) is 0 Å². The molecule has 0 unspecified atom stereocenters. The van der Waals surface area contributed by atoms with Crippen LogP contribution in [0, 0.1) is 0 Å². The molecule has 0 saturated heterocycles. The average molecular weight is 250 g/mol. The largest absolute Gasteiger partial charge is 0.444 e. The second kappa shape index (κ2) is 7.18. The van der Waals surface area contributed by atoms with Gasteiger partial charge in [-0.3, -0.25) is 4.79 Å². The number of ether oxygens (including phenoxy) is 1. The van der Waals surface area contributed by atoms with Gasteiger partial charge in [0.2, 0.25) is 5.91 Å². The molecule has 0 aliphatic carbocycles. The Bertz CT molecular complexity index is 419. The van der Waals surface area contributed by atoms with Gasteiger partial charge in [0, 0.05) is 0 Å². The van der Waals surface area contributed by atoms with E-state index in [9.17, 15) is 14.4 Å². The van der Waals surface area contributed by atoms with Gasteiger partial charge in [0.25, 0.3) is 0 Å². The first-order valence-corrected chi connectivity index (χ1v) is 5.33. The zero-order valence-corrected chi connectivity index (χ0v) is 9.74. The minimum Gasteiger partial charge on any atom is -0.444 e. The summed E-state index contributed by atoms with van der Waals surface area (Å²) in [5.74, 6) is -0.653. The van der Waals surface area contributed by atoms with Gasteiger partial charge < -0.3 is 15.3 Å². The van der Waals surface area contributed by atoms with Gasteiger partial charge in [0.15, 0.2) is 0 Å². The van der Waals surface area contributed by atoms with E-state index in [1.807, 2.05) is 6.07 Å². The van der Waals surface area contributed by atoms with Crippen molar-refractivity contribution in [1.82, 2.24) is 4.90 Å². The van der Waals surface area contributed by atoms with Crippen molar-refractivity contribution in [3.8, 4) is 0 Å². The Morgan fingerprint density at radius 2 is 1.94 bits per heavy atom. The van der Waals surface area contributed by atoms with Crippen molar-refractivity contribution in [2.45, 2.75) is 6.61 Å². The number of nitrogens with zero attached hydrogens (tertiary/aromatic N) is 1. The first-order chi connectivity index (χ1) is 8.69. The Kier molecular flexibility index (Phi) is 5.53. The molecule has 0 bridgehead atoms. The van der Waals surface area contributed by atoms with Crippen LogP contribution < -0.4 is 5.73 Å². The van der Waals surface area contributed by atoms with Gasteiger partial charge in [-0.1, -0.05) is 30.3 Å². The monoisotopic (exact) mass is 250 g/mol. The third kappa shape index (κ3) is 3.99. The standard InChI is InChI=1S/C12H14N2O4/c13-8-11(16)14(6-7-15)12(17)18-9-10-4-2-1-3-5-10/h1-5,7H,6,8-9,13H2. The second-order valence-corrected chi connectivity index (χ2v) is 3.42. The predicted molar refractivity (Wildman–Crippen MR) is 63.5 cm³/mol. The van der Waals surface area contributed by atoms with E-state index in [4.69, 9.17) is 10.5 Å². The number of aldehydes is 1. The fourth-order valence-corrected chi connectivity index (χ4v) is 1.26. The maximum Gasteiger partial charge on any atom is 0.417 e. The molecule has 18 heavy (non-hydrogen) atoms. The molecule has 96 valence electrons. The fraction of sp³-hybridized carbons (Fsp3) is 0.250. The van der Waals surface area contributed by atoms with E-state index in [2.05, 4.69) is 0 Å². The van der Waals surface area contributed by atoms with Crippen LogP contribution in [-0.4, -0.2) is 36.3 Å². The molecule has 1 rings (SSSR count). The molecule has 1 aromatic carbocycles. The van der Waals surface area contributed by atoms with Crippen molar-refractivity contribution in [3.05, 3.63) is 35.9 Å². The SMILES string of the molecule is NCC(=O)N(CC=O)C(=O)OCc1ccccc1. The topological polar surface area (TPSA) is 89.7 Å². The third-order valence-corrected chi connectivity index (χ3v) is 2.16. The van der Waals surface area contributed by atoms with E-state index in [0.717, 1.165) is 5.56 Å². The normalized spacial score (nSPS) is 9.61. The molecule has 6 nitrogen and oxygen atoms in total. The number of rotatable bonds is 5. The number of imide groups is 1. The van der Waals surface area contributed by atoms with Crippen LogP contribution in [0.1, 0.15) is 5.56 Å². The van der Waals surface area contributed by atoms with Crippen LogP contribution in [0.4, 0.5) is 4.79 Å². The molecule has 0 aliphatic heterocycles. The lowest BCUT2D eigenvalue weighted by Crippen LogP contribution is -2.42. The molecular weight excluding hydrogens is 236 g/mol. The highest BCUT2D eigenvalue weighted by atomic mass is 16.6. The molecule has 0 fully saturated rings. The number of hydrogen-bond acceptors (Lipinski definition) is 5. The van der Waals surface area contributed by atoms with Crippen LogP contribution in [-0.2, 0) is 20.9 Å². The van der Waals surface area contributed by atoms with Crippen molar-refractivity contribution in [2.75, 3.05) is 13.1 Å². The Hall–Kier alpha value is -2.21. The van der Waals surface area contributed by atoms with Gasteiger partial charge in [0.1, 0.15) is 12.9 Å². The van der Waals surface area contributed by atoms with Gasteiger partial charge in [0.05, 0.1) is 13.1 Å². The zero-order valence-electron chi connectivity index (χ0n) is 9.74. The molecule has 0 atom stereocenters. The Balaban J connectivity index is 2.56. The molecular formula is C12H14N2O4. The number of carbonyl (C=O) groups is 3. The smallest absolute Gasteiger partial charge is 0.417 e. The number of benzene rings is 1. The molecule has 6 heteroatoms. The van der Waals surface area contributed by atoms with Gasteiger partial charge >= 0.3 is 6.09 Å². The maximum atomic E-state index is 11.6. The van der Waals surface area contributed by atoms with Gasteiger partial charge in [-0.05, 0) is 5.56 Å². The lowest BCUT2D eigenvalue weighted by atomic mass is 10.2. The van der Waals surface area contributed by atoms with Crippen LogP contribution in [0.15, 0.2) is 30.3 Å². The maximum absolute atomic E-state index is 11.6. The zero-order chi connectivity index (χ0) is 13.4. The summed E-state index contributed by atoms with van der Waals surface area (Å²) in [6.45, 7) is -0.676. The Labute approximate surface area is 104 Å². The molecule has 1 aromatic rings. The van der Waals surface area contributed by atoms with Crippen LogP contribution in [0.5, 0.6) is 0 Å². The average Bonchev–Trinajstić information content (AvgIpc) is 2.42. The number of nitrogens with two attached hydrogens (primary N) is 1. The van der Waals surface area contributed by atoms with E-state index in [1.165, 1.54) is 0 Å². The van der Waals surface area contributed by atoms with Gasteiger partial charge in [-0.25, -0.2) is 9.69 Å². The van der Waals surface area contributed by atoms with Crippen LogP contribution in [0.2, 0.25) is 0 Å². The number of carbonyl (C=O) groups excluding carboxylic acids is 3. The third-order valence-electron chi connectivity index (χ3n) is 2.16. The highest BCUT2D eigenvalue weighted by molar-refractivity contribution is 5.94. The molecule has 0 aliphatic rings. The van der Waals surface area contributed by atoms with Gasteiger partial charge in [-0.15, -0.1) is 0 Å². The minimum absolute atomic E-state index is 0.0346. The molecule has 0 aromatic heterocycles. The Morgan fingerprint density at radius 1 is 1.28 bits per heavy atom. The summed E-state index contributed by atoms with van der Waals surface area (Å²) in [6, 6.07) is 9.00. The quantitative estimate of drug-likeness (QED) is 0.759. The number of amides is 2. The summed E-state index contributed by atoms with van der Waals surface area (Å²) in [5, 5.41) is 0. The van der Waals surface area contributed by atoms with E-state index < -0.39 is 12.0 Å². The molecule has 0 saturated carbocycles. The molecule has 0 spiro atoms. The first-order valence-electron chi connectivity index (χ1n) is 5.33. The first kappa shape index (κ1) is 13.9. The summed E-state index contributed by atoms with van der Waals surface area (Å²) in [5.41, 5.74) is 5.92. The van der Waals surface area contributed by atoms with Crippen molar-refractivity contribution < 1.29 is 19.1 Å². The fourth-order valence-electron chi connectivity index (χ4n) is 1.26. The lowest BCUT2D eigenvalue weighted by molar-refractivity contribution is -0.130. The second-order valence-electron chi connectivity index (χ2n) is 3.42. The van der Waals surface area contributed by atoms with Crippen LogP contribution in [0.3, 0.4) is 0 Å². The predicted octanol–water partition coefficient (Wildman–Crippen LogP) is 0.309. The summed E-state index contributed by atoms with van der Waals surface area (Å²) in [6.07, 6.45) is -0.432. The van der Waals surface area contributed by atoms with E-state index in [1.54, 1.807) is 24.3 Å². The van der Waals surface area contributed by atoms with Crippen molar-refractivity contribution in [1.29, 1.82) is 0 Å². The van der Waals surface area contributed by atoms with Crippen molar-refractivity contribution in [2.24, 2.45) is 5.73 Å². The van der Waals surface area contributed by atoms with Crippen LogP contribution in [0.25, 0.3) is 0 Å². The highest BCUT2D eigenvalue weighted by Crippen LogP contribution is 2.03. The van der Waals surface area contributed by atoms with E-state index in [-0.39, 0.29) is 19.7 Å². The number of hydrogen-bond donors (Lipinski definition) is 1. The van der Waals surface area contributed by atoms with Crippen LogP contribution >= 0.6 is 0 Å². The summed E-state index contributed by atoms with van der Waals surface area (Å²) >= 11 is 0. The summed E-state index contributed by atoms with van der Waals surface area (Å²) < 4.78 is 4.92. The van der Waals surface area contributed by atoms with Crippen molar-refractivity contribution >= 4 is 18.3 Å². The highest BCUT2D eigenvalue weighted by Gasteiger charge is 2.21. The summed E-state index contributed by atoms with van der Waals surface area (Å²) in [7, 11) is 0. The Morgan fingerprint density at radius 3 is 2.50 bits per heavy atom. The summed E-state index contributed by atoms with van der Waals surface area (Å²) in [4.78, 5) is 33.9.